The summed E-state index contributed by atoms with van der Waals surface area (Å²) < 4.78 is 0. The van der Waals surface area contributed by atoms with Crippen LogP contribution in [0.4, 0.5) is 0 Å². The average molecular weight is 398 g/mol. The van der Waals surface area contributed by atoms with Crippen LogP contribution in [0, 0.1) is 0 Å². The van der Waals surface area contributed by atoms with Gasteiger partial charge in [-0.15, -0.1) is 11.3 Å². The number of benzene rings is 1. The Morgan fingerprint density at radius 3 is 2.50 bits per heavy atom. The average Bonchev–Trinajstić information content (AvgIpc) is 3.22. The number of carbonyl (C=O) groups is 2. The topological polar surface area (TPSA) is 43.9 Å². The van der Waals surface area contributed by atoms with Gasteiger partial charge in [0, 0.05) is 43.2 Å². The Hall–Kier alpha value is -2.18. The molecule has 1 unspecified atom stereocenters. The Balaban J connectivity index is 1.32. The van der Waals surface area contributed by atoms with Gasteiger partial charge in [0.25, 0.3) is 5.91 Å². The third-order valence-corrected chi connectivity index (χ3v) is 6.84. The minimum Gasteiger partial charge on any atom is -0.336 e. The molecule has 2 aliphatic rings. The molecule has 5 nitrogen and oxygen atoms in total. The minimum atomic E-state index is 0.0821. The maximum Gasteiger partial charge on any atom is 0.253 e. The van der Waals surface area contributed by atoms with Gasteiger partial charge in [-0.05, 0) is 42.0 Å². The number of amides is 2. The molecule has 4 rings (SSSR count). The van der Waals surface area contributed by atoms with Crippen molar-refractivity contribution in [1.82, 2.24) is 14.7 Å². The molecule has 0 bridgehead atoms. The number of hydrogen-bond donors (Lipinski definition) is 0. The number of piperazine rings is 1. The summed E-state index contributed by atoms with van der Waals surface area (Å²) in [5, 5.41) is 2.14. The van der Waals surface area contributed by atoms with Crippen LogP contribution in [-0.4, -0.2) is 65.8 Å². The molecule has 1 saturated heterocycles. The van der Waals surface area contributed by atoms with Crippen LogP contribution < -0.4 is 0 Å². The zero-order valence-electron chi connectivity index (χ0n) is 16.3. The SMILES string of the molecule is CCC1c2ccsc2CCN1C(=O)CN1CCN(C(=O)c2ccccc2)CC1. The highest BCUT2D eigenvalue weighted by molar-refractivity contribution is 7.10. The van der Waals surface area contributed by atoms with E-state index in [4.69, 9.17) is 0 Å². The highest BCUT2D eigenvalue weighted by Gasteiger charge is 2.32. The smallest absolute Gasteiger partial charge is 0.253 e. The first-order valence-corrected chi connectivity index (χ1v) is 11.0. The van der Waals surface area contributed by atoms with Crippen LogP contribution in [0.2, 0.25) is 0 Å². The number of thiophene rings is 1. The Kier molecular flexibility index (Phi) is 5.78. The van der Waals surface area contributed by atoms with Crippen molar-refractivity contribution in [3.05, 3.63) is 57.8 Å². The quantitative estimate of drug-likeness (QED) is 0.797. The maximum absolute atomic E-state index is 13.0. The molecule has 2 amide bonds. The first-order chi connectivity index (χ1) is 13.7. The highest BCUT2D eigenvalue weighted by Crippen LogP contribution is 2.35. The lowest BCUT2D eigenvalue weighted by molar-refractivity contribution is -0.135. The monoisotopic (exact) mass is 397 g/mol. The van der Waals surface area contributed by atoms with E-state index in [0.29, 0.717) is 19.6 Å². The predicted molar refractivity (Wildman–Crippen MR) is 112 cm³/mol. The van der Waals surface area contributed by atoms with E-state index < -0.39 is 0 Å². The fourth-order valence-corrected chi connectivity index (χ4v) is 5.22. The number of rotatable bonds is 4. The van der Waals surface area contributed by atoms with Gasteiger partial charge >= 0.3 is 0 Å². The molecular formula is C22H27N3O2S. The normalized spacial score (nSPS) is 20.1. The van der Waals surface area contributed by atoms with Crippen molar-refractivity contribution < 1.29 is 9.59 Å². The van der Waals surface area contributed by atoms with Crippen LogP contribution in [0.1, 0.15) is 40.2 Å². The maximum atomic E-state index is 13.0. The standard InChI is InChI=1S/C22H27N3O2S/c1-2-19-18-9-15-28-20(18)8-10-25(19)21(26)16-23-11-13-24(14-12-23)22(27)17-6-4-3-5-7-17/h3-7,9,15,19H,2,8,10-14,16H2,1H3. The zero-order valence-corrected chi connectivity index (χ0v) is 17.2. The lowest BCUT2D eigenvalue weighted by Gasteiger charge is -2.39. The molecule has 6 heteroatoms. The minimum absolute atomic E-state index is 0.0821. The summed E-state index contributed by atoms with van der Waals surface area (Å²) in [4.78, 5) is 33.2. The fraction of sp³-hybridized carbons (Fsp3) is 0.455. The van der Waals surface area contributed by atoms with E-state index in [1.54, 1.807) is 0 Å². The van der Waals surface area contributed by atoms with E-state index in [9.17, 15) is 9.59 Å². The predicted octanol–water partition coefficient (Wildman–Crippen LogP) is 3.04. The van der Waals surface area contributed by atoms with Gasteiger partial charge in [-0.1, -0.05) is 25.1 Å². The Bertz CT molecular complexity index is 827. The van der Waals surface area contributed by atoms with Gasteiger partial charge in [-0.2, -0.15) is 0 Å². The molecule has 148 valence electrons. The van der Waals surface area contributed by atoms with Crippen molar-refractivity contribution in [2.45, 2.75) is 25.8 Å². The van der Waals surface area contributed by atoms with Gasteiger partial charge in [0.05, 0.1) is 12.6 Å². The van der Waals surface area contributed by atoms with Crippen LogP contribution in [-0.2, 0) is 11.2 Å². The van der Waals surface area contributed by atoms with E-state index >= 15 is 0 Å². The first kappa shape index (κ1) is 19.2. The van der Waals surface area contributed by atoms with Crippen LogP contribution in [0.15, 0.2) is 41.8 Å². The van der Waals surface area contributed by atoms with Gasteiger partial charge in [0.15, 0.2) is 0 Å². The Labute approximate surface area is 170 Å². The second-order valence-electron chi connectivity index (χ2n) is 7.49. The van der Waals surface area contributed by atoms with Crippen molar-refractivity contribution in [3.63, 3.8) is 0 Å². The molecular weight excluding hydrogens is 370 g/mol. The second-order valence-corrected chi connectivity index (χ2v) is 8.50. The molecule has 1 aromatic carbocycles. The Morgan fingerprint density at radius 2 is 1.79 bits per heavy atom. The number of hydrogen-bond acceptors (Lipinski definition) is 4. The third-order valence-electron chi connectivity index (χ3n) is 5.84. The summed E-state index contributed by atoms with van der Waals surface area (Å²) in [6.45, 7) is 6.27. The van der Waals surface area contributed by atoms with Crippen molar-refractivity contribution in [2.75, 3.05) is 39.3 Å². The largest absolute Gasteiger partial charge is 0.336 e. The van der Waals surface area contributed by atoms with Crippen LogP contribution >= 0.6 is 11.3 Å². The lowest BCUT2D eigenvalue weighted by atomic mass is 9.97. The van der Waals surface area contributed by atoms with Gasteiger partial charge in [-0.25, -0.2) is 0 Å². The summed E-state index contributed by atoms with van der Waals surface area (Å²) >= 11 is 1.81. The summed E-state index contributed by atoms with van der Waals surface area (Å²) in [6, 6.07) is 11.8. The van der Waals surface area contributed by atoms with Gasteiger partial charge in [-0.3, -0.25) is 14.5 Å². The molecule has 2 aromatic rings. The Morgan fingerprint density at radius 1 is 1.04 bits per heavy atom. The molecule has 0 aliphatic carbocycles. The molecule has 1 atom stereocenters. The summed E-state index contributed by atoms with van der Waals surface area (Å²) in [6.07, 6.45) is 1.92. The van der Waals surface area contributed by atoms with E-state index in [-0.39, 0.29) is 17.9 Å². The number of fused-ring (bicyclic) bond motifs is 1. The fourth-order valence-electron chi connectivity index (χ4n) is 4.29. The second kappa shape index (κ2) is 8.45. The highest BCUT2D eigenvalue weighted by atomic mass is 32.1. The van der Waals surface area contributed by atoms with Crippen molar-refractivity contribution >= 4 is 23.2 Å². The molecule has 1 aromatic heterocycles. The van der Waals surface area contributed by atoms with Crippen molar-refractivity contribution in [1.29, 1.82) is 0 Å². The van der Waals surface area contributed by atoms with Gasteiger partial charge in [0.2, 0.25) is 5.91 Å². The van der Waals surface area contributed by atoms with E-state index in [0.717, 1.165) is 38.0 Å². The van der Waals surface area contributed by atoms with Crippen molar-refractivity contribution in [2.24, 2.45) is 0 Å². The van der Waals surface area contributed by atoms with Crippen LogP contribution in [0.5, 0.6) is 0 Å². The molecule has 3 heterocycles. The molecule has 2 aliphatic heterocycles. The molecule has 0 saturated carbocycles. The molecule has 0 radical (unpaired) electrons. The van der Waals surface area contributed by atoms with Gasteiger partial charge in [0.1, 0.15) is 0 Å². The number of carbonyl (C=O) groups excluding carboxylic acids is 2. The van der Waals surface area contributed by atoms with Crippen molar-refractivity contribution in [3.8, 4) is 0 Å². The van der Waals surface area contributed by atoms with Crippen LogP contribution in [0.3, 0.4) is 0 Å². The van der Waals surface area contributed by atoms with Crippen LogP contribution in [0.25, 0.3) is 0 Å². The first-order valence-electron chi connectivity index (χ1n) is 10.1. The molecule has 28 heavy (non-hydrogen) atoms. The summed E-state index contributed by atoms with van der Waals surface area (Å²) in [5.41, 5.74) is 2.07. The van der Waals surface area contributed by atoms with E-state index in [1.807, 2.05) is 46.6 Å². The lowest BCUT2D eigenvalue weighted by Crippen LogP contribution is -2.52. The summed E-state index contributed by atoms with van der Waals surface area (Å²) in [5.74, 6) is 0.296. The van der Waals surface area contributed by atoms with E-state index in [2.05, 4.69) is 28.2 Å². The zero-order chi connectivity index (χ0) is 19.5. The molecule has 0 spiro atoms. The third kappa shape index (κ3) is 3.84. The van der Waals surface area contributed by atoms with Gasteiger partial charge < -0.3 is 9.80 Å². The molecule has 1 fully saturated rings. The molecule has 0 N–H and O–H groups in total. The number of nitrogens with zero attached hydrogens (tertiary/aromatic N) is 3. The summed E-state index contributed by atoms with van der Waals surface area (Å²) in [7, 11) is 0. The van der Waals surface area contributed by atoms with E-state index in [1.165, 1.54) is 10.4 Å².